The van der Waals surface area contributed by atoms with Crippen molar-refractivity contribution in [2.75, 3.05) is 89.6 Å². The van der Waals surface area contributed by atoms with Gasteiger partial charge in [-0.1, -0.05) is 36.4 Å². The number of anilines is 2. The van der Waals surface area contributed by atoms with Gasteiger partial charge in [-0.3, -0.25) is 37.0 Å². The number of nitrogens with zero attached hydrogens (tertiary/aromatic N) is 10. The summed E-state index contributed by atoms with van der Waals surface area (Å²) in [6.07, 6.45) is 0.989. The molecule has 0 aliphatic carbocycles. The molecule has 326 valence electrons. The zero-order chi connectivity index (χ0) is 43.2. The molecule has 6 aromatic rings. The van der Waals surface area contributed by atoms with Crippen molar-refractivity contribution in [1.82, 2.24) is 48.0 Å². The van der Waals surface area contributed by atoms with Gasteiger partial charge < -0.3 is 29.9 Å². The maximum atomic E-state index is 13.5. The monoisotopic (exact) mass is 1060 g/mol. The number of benzene rings is 2. The quantitative estimate of drug-likeness (QED) is 0.170. The van der Waals surface area contributed by atoms with Gasteiger partial charge in [0.05, 0.1) is 39.4 Å². The van der Waals surface area contributed by atoms with Crippen molar-refractivity contribution in [3.8, 4) is 0 Å². The summed E-state index contributed by atoms with van der Waals surface area (Å²) in [7, 11) is 6.45. The summed E-state index contributed by atoms with van der Waals surface area (Å²) < 4.78 is 21.8. The second-order valence-electron chi connectivity index (χ2n) is 14.9. The topological polar surface area (TPSA) is 173 Å². The first kappa shape index (κ1) is 44.7. The normalized spacial score (nSPS) is 14.7. The molecule has 0 amide bonds. The van der Waals surface area contributed by atoms with Crippen molar-refractivity contribution in [2.45, 2.75) is 32.6 Å². The number of fused-ring (bicyclic) bond motifs is 2. The standard InChI is InChI=1S/C21H27IN6O3.C20H25IN6O3/c1-25-18-17(19(29)27(21(25)30)12-13-31-2)28(14-15-6-3-4-7-16(15)22)20(24-18)26-10-5-8-23-9-11-26;1-24-17-16(18(28)26(20(24)29)11-12-30-2)27(13-14-5-3-4-6-15(14)21)19(23-17)25-9-7-22-8-10-25/h3-4,6-7,23H,5,8-14H2,1-2H3;3-6,22H,7-13H2,1-2H3. The molecule has 20 heteroatoms. The Hall–Kier alpha value is -4.36. The maximum Gasteiger partial charge on any atom is 0.332 e. The molecule has 61 heavy (non-hydrogen) atoms. The van der Waals surface area contributed by atoms with Gasteiger partial charge in [-0.05, 0) is 81.4 Å². The second-order valence-corrected chi connectivity index (χ2v) is 17.3. The summed E-state index contributed by atoms with van der Waals surface area (Å²) in [5.41, 5.74) is 2.52. The Kier molecular flexibility index (Phi) is 14.8. The van der Waals surface area contributed by atoms with Crippen LogP contribution in [0.1, 0.15) is 17.5 Å². The van der Waals surface area contributed by atoms with Gasteiger partial charge in [0.15, 0.2) is 22.3 Å². The third kappa shape index (κ3) is 9.38. The molecular weight excluding hydrogens is 1010 g/mol. The summed E-state index contributed by atoms with van der Waals surface area (Å²) in [4.78, 5) is 66.5. The average molecular weight is 1060 g/mol. The van der Waals surface area contributed by atoms with Crippen LogP contribution in [0.2, 0.25) is 0 Å². The molecule has 2 aliphatic rings. The van der Waals surface area contributed by atoms with Crippen LogP contribution in [-0.2, 0) is 49.7 Å². The lowest BCUT2D eigenvalue weighted by Gasteiger charge is -2.28. The predicted octanol–water partition coefficient (Wildman–Crippen LogP) is 1.60. The van der Waals surface area contributed by atoms with E-state index in [1.807, 2.05) is 39.5 Å². The fourth-order valence-electron chi connectivity index (χ4n) is 7.77. The lowest BCUT2D eigenvalue weighted by molar-refractivity contribution is 0.184. The van der Waals surface area contributed by atoms with E-state index in [-0.39, 0.29) is 48.8 Å². The third-order valence-electron chi connectivity index (χ3n) is 11.1. The number of hydrogen-bond donors (Lipinski definition) is 2. The lowest BCUT2D eigenvalue weighted by Crippen LogP contribution is -2.44. The Morgan fingerprint density at radius 1 is 0.590 bits per heavy atom. The highest BCUT2D eigenvalue weighted by Crippen LogP contribution is 2.25. The molecule has 2 saturated heterocycles. The minimum absolute atomic E-state index is 0.203. The Morgan fingerprint density at radius 2 is 1.00 bits per heavy atom. The molecule has 4 aromatic heterocycles. The zero-order valence-electron chi connectivity index (χ0n) is 34.9. The molecule has 0 saturated carbocycles. The molecule has 0 atom stereocenters. The Bertz CT molecular complexity index is 2740. The first-order valence-electron chi connectivity index (χ1n) is 20.3. The van der Waals surface area contributed by atoms with Crippen molar-refractivity contribution in [2.24, 2.45) is 14.1 Å². The number of hydrogen-bond acceptors (Lipinski definition) is 12. The van der Waals surface area contributed by atoms with E-state index in [4.69, 9.17) is 19.4 Å². The Morgan fingerprint density at radius 3 is 1.43 bits per heavy atom. The summed E-state index contributed by atoms with van der Waals surface area (Å²) >= 11 is 4.62. The summed E-state index contributed by atoms with van der Waals surface area (Å²) in [6, 6.07) is 16.2. The highest BCUT2D eigenvalue weighted by molar-refractivity contribution is 14.1. The second kappa shape index (κ2) is 20.2. The van der Waals surface area contributed by atoms with Gasteiger partial charge in [0, 0.05) is 81.3 Å². The van der Waals surface area contributed by atoms with Crippen molar-refractivity contribution >= 4 is 79.4 Å². The minimum atomic E-state index is -0.379. The van der Waals surface area contributed by atoms with E-state index in [2.05, 4.69) is 83.8 Å². The number of piperazine rings is 1. The van der Waals surface area contributed by atoms with Crippen LogP contribution in [0, 0.1) is 7.14 Å². The molecule has 0 radical (unpaired) electrons. The van der Waals surface area contributed by atoms with Crippen LogP contribution in [0.3, 0.4) is 0 Å². The van der Waals surface area contributed by atoms with Crippen LogP contribution in [0.5, 0.6) is 0 Å². The molecule has 2 aromatic carbocycles. The average Bonchev–Trinajstić information content (AvgIpc) is 3.71. The molecule has 6 heterocycles. The lowest BCUT2D eigenvalue weighted by atomic mass is 10.2. The van der Waals surface area contributed by atoms with E-state index >= 15 is 0 Å². The Labute approximate surface area is 379 Å². The van der Waals surface area contributed by atoms with Gasteiger partial charge in [-0.15, -0.1) is 0 Å². The summed E-state index contributed by atoms with van der Waals surface area (Å²) in [5.74, 6) is 1.46. The number of methoxy groups -OCH3 is 2. The number of aromatic nitrogens is 8. The van der Waals surface area contributed by atoms with E-state index in [1.54, 1.807) is 28.3 Å². The number of halogens is 2. The van der Waals surface area contributed by atoms with Gasteiger partial charge in [0.25, 0.3) is 11.1 Å². The molecule has 18 nitrogen and oxygen atoms in total. The van der Waals surface area contributed by atoms with Crippen LogP contribution in [0.15, 0.2) is 67.7 Å². The van der Waals surface area contributed by atoms with Gasteiger partial charge in [0.1, 0.15) is 0 Å². The smallest absolute Gasteiger partial charge is 0.332 e. The van der Waals surface area contributed by atoms with Gasteiger partial charge >= 0.3 is 11.4 Å². The van der Waals surface area contributed by atoms with Gasteiger partial charge in [-0.2, -0.15) is 9.97 Å². The van der Waals surface area contributed by atoms with Crippen molar-refractivity contribution in [1.29, 1.82) is 0 Å². The van der Waals surface area contributed by atoms with Crippen LogP contribution in [0.25, 0.3) is 22.3 Å². The molecule has 2 fully saturated rings. The van der Waals surface area contributed by atoms with E-state index in [0.717, 1.165) is 88.9 Å². The van der Waals surface area contributed by atoms with E-state index in [1.165, 1.54) is 18.3 Å². The number of rotatable bonds is 12. The zero-order valence-corrected chi connectivity index (χ0v) is 39.2. The highest BCUT2D eigenvalue weighted by Gasteiger charge is 2.26. The first-order chi connectivity index (χ1) is 29.5. The largest absolute Gasteiger partial charge is 0.383 e. The van der Waals surface area contributed by atoms with Gasteiger partial charge in [-0.25, -0.2) is 9.59 Å². The fraction of sp³-hybridized carbons (Fsp3) is 0.463. The molecule has 0 spiro atoms. The minimum Gasteiger partial charge on any atom is -0.383 e. The number of nitrogens with one attached hydrogen (secondary N) is 2. The van der Waals surface area contributed by atoms with Crippen LogP contribution in [-0.4, -0.2) is 117 Å². The molecule has 8 rings (SSSR count). The maximum absolute atomic E-state index is 13.5. The third-order valence-corrected chi connectivity index (χ3v) is 13.2. The van der Waals surface area contributed by atoms with Crippen LogP contribution >= 0.6 is 45.2 Å². The molecule has 2 aliphatic heterocycles. The fourth-order valence-corrected chi connectivity index (χ4v) is 8.88. The van der Waals surface area contributed by atoms with Crippen molar-refractivity contribution in [3.63, 3.8) is 0 Å². The first-order valence-corrected chi connectivity index (χ1v) is 22.5. The van der Waals surface area contributed by atoms with Crippen molar-refractivity contribution in [3.05, 3.63) is 108 Å². The molecule has 2 N–H and O–H groups in total. The predicted molar refractivity (Wildman–Crippen MR) is 254 cm³/mol. The number of aryl methyl sites for hydroxylation is 2. The van der Waals surface area contributed by atoms with E-state index in [0.29, 0.717) is 35.4 Å². The SMILES string of the molecule is COCCn1c(=O)c2c(nc(N3CCCNCC3)n2Cc2ccccc2I)n(C)c1=O.COCCn1c(=O)c2c(nc(N3CCNCC3)n2Cc2ccccc2I)n(C)c1=O. The van der Waals surface area contributed by atoms with Crippen LogP contribution < -0.4 is 42.9 Å². The van der Waals surface area contributed by atoms with Crippen LogP contribution in [0.4, 0.5) is 11.9 Å². The number of imidazole rings is 2. The number of ether oxygens (including phenoxy) is 2. The molecular formula is C41H52I2N12O6. The molecule has 0 bridgehead atoms. The van der Waals surface area contributed by atoms with E-state index in [9.17, 15) is 19.2 Å². The van der Waals surface area contributed by atoms with Gasteiger partial charge in [0.2, 0.25) is 11.9 Å². The highest BCUT2D eigenvalue weighted by atomic mass is 127. The molecule has 0 unspecified atom stereocenters. The van der Waals surface area contributed by atoms with E-state index < -0.39 is 0 Å². The summed E-state index contributed by atoms with van der Waals surface area (Å²) in [6.45, 7) is 8.72. The Balaban J connectivity index is 0.000000184. The summed E-state index contributed by atoms with van der Waals surface area (Å²) in [5, 5.41) is 6.75. The van der Waals surface area contributed by atoms with Crippen molar-refractivity contribution < 1.29 is 9.47 Å².